The van der Waals surface area contributed by atoms with Crippen LogP contribution < -0.4 is 0 Å². The third kappa shape index (κ3) is 6.03. The molecule has 3 aliphatic heterocycles. The van der Waals surface area contributed by atoms with Crippen LogP contribution >= 0.6 is 0 Å². The molecule has 5 heteroatoms. The summed E-state index contributed by atoms with van der Waals surface area (Å²) in [4.78, 5) is 35.0. The molecule has 5 nitrogen and oxygen atoms in total. The van der Waals surface area contributed by atoms with Crippen LogP contribution in [0.15, 0.2) is 91.0 Å². The molecule has 3 aliphatic rings. The molecule has 1 spiro atoms. The summed E-state index contributed by atoms with van der Waals surface area (Å²) < 4.78 is 0. The summed E-state index contributed by atoms with van der Waals surface area (Å²) in [6.45, 7) is 4.09. The molecular weight excluding hydrogens is 518 g/mol. The van der Waals surface area contributed by atoms with Crippen molar-refractivity contribution in [2.75, 3.05) is 32.7 Å². The summed E-state index contributed by atoms with van der Waals surface area (Å²) in [7, 11) is 0. The first-order valence-corrected chi connectivity index (χ1v) is 16.1. The van der Waals surface area contributed by atoms with Crippen LogP contribution in [0.25, 0.3) is 0 Å². The maximum Gasteiger partial charge on any atom is 0.249 e. The molecule has 3 aromatic carbocycles. The summed E-state index contributed by atoms with van der Waals surface area (Å²) in [6.07, 6.45) is 9.24. The molecule has 3 aromatic rings. The van der Waals surface area contributed by atoms with Crippen LogP contribution in [0.5, 0.6) is 0 Å². The summed E-state index contributed by atoms with van der Waals surface area (Å²) in [5.41, 5.74) is 3.08. The Balaban J connectivity index is 1.13. The number of likely N-dealkylation sites (tertiary alicyclic amines) is 1. The van der Waals surface area contributed by atoms with Gasteiger partial charge in [-0.2, -0.15) is 0 Å². The van der Waals surface area contributed by atoms with E-state index in [1.165, 1.54) is 42.4 Å². The molecule has 0 saturated carbocycles. The molecule has 0 aromatic heterocycles. The van der Waals surface area contributed by atoms with Crippen LogP contribution in [-0.2, 0) is 16.0 Å². The number of piperidine rings is 1. The van der Waals surface area contributed by atoms with Crippen molar-refractivity contribution in [2.45, 2.75) is 75.3 Å². The van der Waals surface area contributed by atoms with Gasteiger partial charge in [0, 0.05) is 32.1 Å². The van der Waals surface area contributed by atoms with Crippen molar-refractivity contribution < 1.29 is 9.59 Å². The molecule has 6 rings (SSSR count). The lowest BCUT2D eigenvalue weighted by atomic mass is 9.79. The number of aryl methyl sites for hydroxylation is 1. The number of carbonyl (C=O) groups is 2. The number of hydrogen-bond donors (Lipinski definition) is 0. The molecule has 42 heavy (non-hydrogen) atoms. The van der Waals surface area contributed by atoms with Gasteiger partial charge in [0.2, 0.25) is 11.8 Å². The normalized spacial score (nSPS) is 20.5. The Morgan fingerprint density at radius 1 is 0.714 bits per heavy atom. The highest BCUT2D eigenvalue weighted by Crippen LogP contribution is 2.41. The lowest BCUT2D eigenvalue weighted by Crippen LogP contribution is -2.72. The van der Waals surface area contributed by atoms with E-state index in [1.54, 1.807) is 0 Å². The zero-order valence-corrected chi connectivity index (χ0v) is 24.9. The Labute approximate surface area is 251 Å². The van der Waals surface area contributed by atoms with Crippen LogP contribution in [0.2, 0.25) is 0 Å². The second-order valence-electron chi connectivity index (χ2n) is 12.5. The van der Waals surface area contributed by atoms with Crippen LogP contribution in [0.1, 0.15) is 74.0 Å². The fourth-order valence-corrected chi connectivity index (χ4v) is 7.55. The van der Waals surface area contributed by atoms with Gasteiger partial charge in [0.1, 0.15) is 11.6 Å². The Bertz CT molecular complexity index is 1270. The Hall–Kier alpha value is -3.44. The predicted octanol–water partition coefficient (Wildman–Crippen LogP) is 6.29. The first kappa shape index (κ1) is 28.7. The van der Waals surface area contributed by atoms with E-state index >= 15 is 0 Å². The summed E-state index contributed by atoms with van der Waals surface area (Å²) in [5, 5.41) is 0. The standard InChI is InChI=1S/C37H45N3O2/c41-35-34-22-14-26-39(34)36(42)37(40(35)29-33(31-18-9-4-10-19-31)32-20-11-5-12-21-32)23-27-38(28-24-37)25-13-2-1-6-15-30-16-7-3-8-17-30/h3-5,7-12,16-21,33-34H,1-2,6,13-15,22-29H2. The minimum absolute atomic E-state index is 0.0305. The van der Waals surface area contributed by atoms with E-state index in [-0.39, 0.29) is 23.8 Å². The average Bonchev–Trinajstić information content (AvgIpc) is 3.55. The van der Waals surface area contributed by atoms with Gasteiger partial charge < -0.3 is 14.7 Å². The quantitative estimate of drug-likeness (QED) is 0.258. The van der Waals surface area contributed by atoms with Gasteiger partial charge in [-0.25, -0.2) is 0 Å². The van der Waals surface area contributed by atoms with E-state index in [0.29, 0.717) is 6.54 Å². The van der Waals surface area contributed by atoms with Gasteiger partial charge in [0.25, 0.3) is 0 Å². The van der Waals surface area contributed by atoms with Gasteiger partial charge in [-0.1, -0.05) is 104 Å². The number of benzene rings is 3. The first-order valence-electron chi connectivity index (χ1n) is 16.1. The van der Waals surface area contributed by atoms with Crippen LogP contribution in [-0.4, -0.2) is 70.8 Å². The van der Waals surface area contributed by atoms with E-state index in [0.717, 1.165) is 58.3 Å². The number of hydrogen-bond acceptors (Lipinski definition) is 3. The molecule has 0 bridgehead atoms. The molecule has 3 fully saturated rings. The zero-order chi connectivity index (χ0) is 28.8. The monoisotopic (exact) mass is 563 g/mol. The summed E-state index contributed by atoms with van der Waals surface area (Å²) in [5.74, 6) is 0.392. The average molecular weight is 564 g/mol. The van der Waals surface area contributed by atoms with Gasteiger partial charge in [-0.15, -0.1) is 0 Å². The van der Waals surface area contributed by atoms with Gasteiger partial charge >= 0.3 is 0 Å². The molecule has 3 heterocycles. The number of amides is 2. The highest BCUT2D eigenvalue weighted by Gasteiger charge is 2.58. The molecule has 0 aliphatic carbocycles. The van der Waals surface area contributed by atoms with Crippen molar-refractivity contribution in [3.63, 3.8) is 0 Å². The SMILES string of the molecule is O=C1C2CCCN2C(=O)C2(CCN(CCCCCCc3ccccc3)CC2)N1CC(c1ccccc1)c1ccccc1. The minimum Gasteiger partial charge on any atom is -0.329 e. The van der Waals surface area contributed by atoms with Crippen molar-refractivity contribution >= 4 is 11.8 Å². The summed E-state index contributed by atoms with van der Waals surface area (Å²) in [6, 6.07) is 31.5. The Morgan fingerprint density at radius 3 is 1.95 bits per heavy atom. The van der Waals surface area contributed by atoms with Crippen molar-refractivity contribution in [3.05, 3.63) is 108 Å². The topological polar surface area (TPSA) is 43.9 Å². The number of unbranched alkanes of at least 4 members (excludes halogenated alkanes) is 3. The predicted molar refractivity (Wildman–Crippen MR) is 168 cm³/mol. The number of fused-ring (bicyclic) bond motifs is 1. The molecule has 220 valence electrons. The lowest BCUT2D eigenvalue weighted by Gasteiger charge is -2.54. The molecule has 0 radical (unpaired) electrons. The van der Waals surface area contributed by atoms with E-state index in [2.05, 4.69) is 83.8 Å². The Morgan fingerprint density at radius 2 is 1.31 bits per heavy atom. The maximum atomic E-state index is 14.3. The largest absolute Gasteiger partial charge is 0.329 e. The van der Waals surface area contributed by atoms with Gasteiger partial charge in [0.05, 0.1) is 0 Å². The first-order chi connectivity index (χ1) is 20.7. The molecule has 1 atom stereocenters. The van der Waals surface area contributed by atoms with Crippen molar-refractivity contribution in [1.29, 1.82) is 0 Å². The van der Waals surface area contributed by atoms with Crippen molar-refractivity contribution in [2.24, 2.45) is 0 Å². The van der Waals surface area contributed by atoms with E-state index in [9.17, 15) is 9.59 Å². The van der Waals surface area contributed by atoms with E-state index in [4.69, 9.17) is 0 Å². The third-order valence-corrected chi connectivity index (χ3v) is 9.96. The highest BCUT2D eigenvalue weighted by atomic mass is 16.2. The maximum absolute atomic E-state index is 14.3. The van der Waals surface area contributed by atoms with Crippen LogP contribution in [0, 0.1) is 0 Å². The van der Waals surface area contributed by atoms with Crippen molar-refractivity contribution in [3.8, 4) is 0 Å². The second-order valence-corrected chi connectivity index (χ2v) is 12.5. The highest BCUT2D eigenvalue weighted by molar-refractivity contribution is 6.00. The molecule has 3 saturated heterocycles. The van der Waals surface area contributed by atoms with Gasteiger partial charge in [-0.05, 0) is 68.2 Å². The number of piperazine rings is 1. The van der Waals surface area contributed by atoms with Crippen LogP contribution in [0.3, 0.4) is 0 Å². The van der Waals surface area contributed by atoms with E-state index in [1.807, 2.05) is 21.9 Å². The number of rotatable bonds is 11. The zero-order valence-electron chi connectivity index (χ0n) is 24.9. The lowest BCUT2D eigenvalue weighted by molar-refractivity contribution is -0.172. The smallest absolute Gasteiger partial charge is 0.249 e. The van der Waals surface area contributed by atoms with Gasteiger partial charge in [-0.3, -0.25) is 9.59 Å². The second kappa shape index (κ2) is 13.2. The molecule has 0 N–H and O–H groups in total. The van der Waals surface area contributed by atoms with E-state index < -0.39 is 5.54 Å². The Kier molecular flexibility index (Phi) is 9.04. The summed E-state index contributed by atoms with van der Waals surface area (Å²) >= 11 is 0. The minimum atomic E-state index is -0.730. The van der Waals surface area contributed by atoms with Crippen molar-refractivity contribution in [1.82, 2.24) is 14.7 Å². The molecular formula is C37H45N3O2. The fourth-order valence-electron chi connectivity index (χ4n) is 7.55. The third-order valence-electron chi connectivity index (χ3n) is 9.96. The molecule has 1 unspecified atom stereocenters. The fraction of sp³-hybridized carbons (Fsp3) is 0.459. The number of nitrogens with zero attached hydrogens (tertiary/aromatic N) is 3. The molecule has 2 amide bonds. The number of carbonyl (C=O) groups excluding carboxylic acids is 2. The van der Waals surface area contributed by atoms with Gasteiger partial charge in [0.15, 0.2) is 0 Å². The van der Waals surface area contributed by atoms with Crippen LogP contribution in [0.4, 0.5) is 0 Å².